The molecular formula is C21H20N4O3. The minimum absolute atomic E-state index is 0.106. The SMILES string of the molecule is Cc1cc(Oc2ncccn2)ccc1NC(=O)c1[nH]c2c(c1C)C(=O)CCC2. The van der Waals surface area contributed by atoms with Crippen LogP contribution in [0.3, 0.4) is 0 Å². The maximum absolute atomic E-state index is 12.8. The third kappa shape index (κ3) is 3.38. The van der Waals surface area contributed by atoms with E-state index in [-0.39, 0.29) is 17.7 Å². The molecule has 3 aromatic rings. The van der Waals surface area contributed by atoms with Crippen LogP contribution in [0.1, 0.15) is 50.5 Å². The fourth-order valence-electron chi connectivity index (χ4n) is 3.47. The minimum Gasteiger partial charge on any atom is -0.424 e. The van der Waals surface area contributed by atoms with E-state index in [2.05, 4.69) is 20.3 Å². The molecule has 4 rings (SSSR count). The fraction of sp³-hybridized carbons (Fsp3) is 0.238. The maximum Gasteiger partial charge on any atom is 0.321 e. The molecule has 2 heterocycles. The van der Waals surface area contributed by atoms with Crippen molar-refractivity contribution in [1.82, 2.24) is 15.0 Å². The van der Waals surface area contributed by atoms with E-state index in [0.29, 0.717) is 29.1 Å². The van der Waals surface area contributed by atoms with Gasteiger partial charge in [0.1, 0.15) is 11.4 Å². The highest BCUT2D eigenvalue weighted by Gasteiger charge is 2.26. The van der Waals surface area contributed by atoms with E-state index >= 15 is 0 Å². The summed E-state index contributed by atoms with van der Waals surface area (Å²) in [6.07, 6.45) is 5.36. The lowest BCUT2D eigenvalue weighted by Crippen LogP contribution is -2.14. The van der Waals surface area contributed by atoms with Crippen LogP contribution in [0.2, 0.25) is 0 Å². The van der Waals surface area contributed by atoms with Crippen LogP contribution in [0.15, 0.2) is 36.7 Å². The van der Waals surface area contributed by atoms with Gasteiger partial charge in [-0.1, -0.05) is 0 Å². The number of fused-ring (bicyclic) bond motifs is 1. The smallest absolute Gasteiger partial charge is 0.321 e. The molecular weight excluding hydrogens is 356 g/mol. The van der Waals surface area contributed by atoms with Gasteiger partial charge in [0.05, 0.1) is 0 Å². The first-order valence-corrected chi connectivity index (χ1v) is 9.14. The number of carbonyl (C=O) groups is 2. The van der Waals surface area contributed by atoms with Crippen molar-refractivity contribution in [3.05, 3.63) is 64.7 Å². The number of aryl methyl sites for hydroxylation is 2. The molecule has 2 aromatic heterocycles. The van der Waals surface area contributed by atoms with Gasteiger partial charge < -0.3 is 15.0 Å². The highest BCUT2D eigenvalue weighted by molar-refractivity contribution is 6.08. The average molecular weight is 376 g/mol. The average Bonchev–Trinajstić information content (AvgIpc) is 3.03. The summed E-state index contributed by atoms with van der Waals surface area (Å²) in [4.78, 5) is 36.1. The van der Waals surface area contributed by atoms with Crippen molar-refractivity contribution in [2.24, 2.45) is 0 Å². The molecule has 0 spiro atoms. The summed E-state index contributed by atoms with van der Waals surface area (Å²) in [7, 11) is 0. The largest absolute Gasteiger partial charge is 0.424 e. The van der Waals surface area contributed by atoms with Crippen LogP contribution in [0, 0.1) is 13.8 Å². The summed E-state index contributed by atoms with van der Waals surface area (Å²) in [5.74, 6) is 0.427. The van der Waals surface area contributed by atoms with Crippen LogP contribution >= 0.6 is 0 Å². The van der Waals surface area contributed by atoms with Crippen molar-refractivity contribution in [3.8, 4) is 11.8 Å². The summed E-state index contributed by atoms with van der Waals surface area (Å²) < 4.78 is 5.61. The van der Waals surface area contributed by atoms with Gasteiger partial charge in [-0.25, -0.2) is 9.97 Å². The number of nitrogens with one attached hydrogen (secondary N) is 2. The van der Waals surface area contributed by atoms with Crippen molar-refractivity contribution in [3.63, 3.8) is 0 Å². The molecule has 1 aromatic carbocycles. The lowest BCUT2D eigenvalue weighted by Gasteiger charge is -2.10. The monoisotopic (exact) mass is 376 g/mol. The van der Waals surface area contributed by atoms with Crippen molar-refractivity contribution in [2.45, 2.75) is 33.1 Å². The normalized spacial score (nSPS) is 13.1. The van der Waals surface area contributed by atoms with E-state index < -0.39 is 0 Å². The third-order valence-electron chi connectivity index (χ3n) is 4.86. The van der Waals surface area contributed by atoms with E-state index in [1.54, 1.807) is 30.6 Å². The Morgan fingerprint density at radius 3 is 2.68 bits per heavy atom. The number of carbonyl (C=O) groups excluding carboxylic acids is 2. The van der Waals surface area contributed by atoms with Gasteiger partial charge in [0.2, 0.25) is 0 Å². The van der Waals surface area contributed by atoms with Crippen LogP contribution in [0.5, 0.6) is 11.8 Å². The Morgan fingerprint density at radius 1 is 1.18 bits per heavy atom. The topological polar surface area (TPSA) is 97.0 Å². The summed E-state index contributed by atoms with van der Waals surface area (Å²) >= 11 is 0. The molecule has 7 heteroatoms. The van der Waals surface area contributed by atoms with E-state index in [0.717, 1.165) is 29.7 Å². The molecule has 1 amide bonds. The molecule has 0 atom stereocenters. The van der Waals surface area contributed by atoms with Gasteiger partial charge in [0.25, 0.3) is 5.91 Å². The van der Waals surface area contributed by atoms with Crippen molar-refractivity contribution < 1.29 is 14.3 Å². The quantitative estimate of drug-likeness (QED) is 0.718. The van der Waals surface area contributed by atoms with Gasteiger partial charge in [-0.2, -0.15) is 0 Å². The molecule has 0 fully saturated rings. The Balaban J connectivity index is 1.53. The maximum atomic E-state index is 12.8. The van der Waals surface area contributed by atoms with E-state index in [9.17, 15) is 9.59 Å². The molecule has 7 nitrogen and oxygen atoms in total. The Morgan fingerprint density at radius 2 is 1.96 bits per heavy atom. The van der Waals surface area contributed by atoms with Gasteiger partial charge in [0, 0.05) is 35.8 Å². The second-order valence-corrected chi connectivity index (χ2v) is 6.82. The number of ether oxygens (including phenoxy) is 1. The number of aromatic amines is 1. The number of anilines is 1. The van der Waals surface area contributed by atoms with Crippen molar-refractivity contribution >= 4 is 17.4 Å². The summed E-state index contributed by atoms with van der Waals surface area (Å²) in [6, 6.07) is 7.30. The van der Waals surface area contributed by atoms with Gasteiger partial charge in [-0.15, -0.1) is 0 Å². The lowest BCUT2D eigenvalue weighted by molar-refractivity contribution is 0.0971. The molecule has 1 aliphatic rings. The van der Waals surface area contributed by atoms with Crippen molar-refractivity contribution in [1.29, 1.82) is 0 Å². The van der Waals surface area contributed by atoms with Crippen molar-refractivity contribution in [2.75, 3.05) is 5.32 Å². The predicted octanol–water partition coefficient (Wildman–Crippen LogP) is 3.99. The Kier molecular flexibility index (Phi) is 4.65. The Labute approximate surface area is 162 Å². The number of ketones is 1. The molecule has 142 valence electrons. The number of rotatable bonds is 4. The van der Waals surface area contributed by atoms with Crippen LogP contribution in [0.25, 0.3) is 0 Å². The van der Waals surface area contributed by atoms with E-state index in [1.807, 2.05) is 19.9 Å². The van der Waals surface area contributed by atoms with Gasteiger partial charge in [-0.05, 0) is 62.1 Å². The molecule has 1 aliphatic carbocycles. The first-order valence-electron chi connectivity index (χ1n) is 9.14. The Bertz CT molecular complexity index is 1060. The standard InChI is InChI=1S/C21H20N4O3/c1-12-11-14(28-21-22-9-4-10-23-21)7-8-15(12)25-20(27)19-13(2)18-16(24-19)5-3-6-17(18)26/h4,7-11,24H,3,5-6H2,1-2H3,(H,25,27). The van der Waals surface area contributed by atoms with Gasteiger partial charge in [-0.3, -0.25) is 9.59 Å². The molecule has 2 N–H and O–H groups in total. The van der Waals surface area contributed by atoms with E-state index in [4.69, 9.17) is 4.74 Å². The number of hydrogen-bond acceptors (Lipinski definition) is 5. The summed E-state index contributed by atoms with van der Waals surface area (Å²) in [6.45, 7) is 3.70. The minimum atomic E-state index is -0.261. The molecule has 0 unspecified atom stereocenters. The molecule has 0 saturated carbocycles. The van der Waals surface area contributed by atoms with Gasteiger partial charge >= 0.3 is 6.01 Å². The van der Waals surface area contributed by atoms with Crippen LogP contribution in [-0.2, 0) is 6.42 Å². The zero-order valence-corrected chi connectivity index (χ0v) is 15.7. The highest BCUT2D eigenvalue weighted by atomic mass is 16.5. The molecule has 0 saturated heterocycles. The number of hydrogen-bond donors (Lipinski definition) is 2. The van der Waals surface area contributed by atoms with Gasteiger partial charge in [0.15, 0.2) is 5.78 Å². The number of Topliss-reactive ketones (excluding diaryl/α,β-unsaturated/α-hetero) is 1. The lowest BCUT2D eigenvalue weighted by atomic mass is 9.94. The number of benzene rings is 1. The number of H-pyrrole nitrogens is 1. The highest BCUT2D eigenvalue weighted by Crippen LogP contribution is 2.28. The first-order chi connectivity index (χ1) is 13.5. The summed E-state index contributed by atoms with van der Waals surface area (Å²) in [5.41, 5.74) is 4.21. The molecule has 0 radical (unpaired) electrons. The molecule has 0 bridgehead atoms. The molecule has 28 heavy (non-hydrogen) atoms. The first kappa shape index (κ1) is 17.9. The van der Waals surface area contributed by atoms with Crippen LogP contribution in [0.4, 0.5) is 5.69 Å². The third-order valence-corrected chi connectivity index (χ3v) is 4.86. The number of amides is 1. The number of aromatic nitrogens is 3. The fourth-order valence-corrected chi connectivity index (χ4v) is 3.47. The Hall–Kier alpha value is -3.48. The summed E-state index contributed by atoms with van der Waals surface area (Å²) in [5, 5.41) is 2.91. The molecule has 0 aliphatic heterocycles. The van der Waals surface area contributed by atoms with Crippen LogP contribution in [-0.4, -0.2) is 26.6 Å². The zero-order valence-electron chi connectivity index (χ0n) is 15.7. The van der Waals surface area contributed by atoms with E-state index in [1.165, 1.54) is 0 Å². The zero-order chi connectivity index (χ0) is 19.7. The number of nitrogens with zero attached hydrogens (tertiary/aromatic N) is 2. The second kappa shape index (κ2) is 7.26. The second-order valence-electron chi connectivity index (χ2n) is 6.82. The predicted molar refractivity (Wildman–Crippen MR) is 104 cm³/mol. The van der Waals surface area contributed by atoms with Crippen LogP contribution < -0.4 is 10.1 Å².